The average Bonchev–Trinajstić information content (AvgIpc) is 2.72. The average molecular weight is 396 g/mol. The third kappa shape index (κ3) is 4.75. The van der Waals surface area contributed by atoms with Crippen LogP contribution < -0.4 is 5.32 Å². The van der Waals surface area contributed by atoms with E-state index in [1.165, 1.54) is 24.1 Å². The van der Waals surface area contributed by atoms with Gasteiger partial charge in [-0.05, 0) is 30.2 Å². The number of amides is 2. The molecule has 2 aromatic rings. The van der Waals surface area contributed by atoms with Gasteiger partial charge < -0.3 is 19.9 Å². The van der Waals surface area contributed by atoms with Crippen molar-refractivity contribution in [2.75, 3.05) is 20.3 Å². The van der Waals surface area contributed by atoms with Gasteiger partial charge in [0.15, 0.2) is 0 Å². The molecule has 1 aliphatic heterocycles. The van der Waals surface area contributed by atoms with Gasteiger partial charge in [0, 0.05) is 12.8 Å². The Kier molecular flexibility index (Phi) is 6.51. The number of allylic oxidation sites excluding steroid dienone is 1. The number of benzene rings is 2. The second-order valence-electron chi connectivity index (χ2n) is 6.67. The molecule has 152 valence electrons. The zero-order valence-electron chi connectivity index (χ0n) is 16.4. The number of hydrogen-bond acceptors (Lipinski definition) is 5. The van der Waals surface area contributed by atoms with Gasteiger partial charge in [-0.3, -0.25) is 4.90 Å². The highest BCUT2D eigenvalue weighted by Gasteiger charge is 2.36. The van der Waals surface area contributed by atoms with Crippen molar-refractivity contribution < 1.29 is 24.2 Å². The van der Waals surface area contributed by atoms with E-state index in [4.69, 9.17) is 9.47 Å². The molecule has 1 heterocycles. The summed E-state index contributed by atoms with van der Waals surface area (Å²) in [4.78, 5) is 27.3. The molecule has 1 unspecified atom stereocenters. The van der Waals surface area contributed by atoms with E-state index >= 15 is 0 Å². The molecule has 2 N–H and O–H groups in total. The second kappa shape index (κ2) is 9.25. The van der Waals surface area contributed by atoms with Crippen LogP contribution in [-0.2, 0) is 20.8 Å². The summed E-state index contributed by atoms with van der Waals surface area (Å²) in [7, 11) is 1.53. The van der Waals surface area contributed by atoms with Gasteiger partial charge in [0.25, 0.3) is 0 Å². The van der Waals surface area contributed by atoms with Crippen molar-refractivity contribution in [1.29, 1.82) is 0 Å². The Morgan fingerprint density at radius 1 is 1.10 bits per heavy atom. The predicted octanol–water partition coefficient (Wildman–Crippen LogP) is 3.12. The first-order valence-electron chi connectivity index (χ1n) is 9.29. The highest BCUT2D eigenvalue weighted by molar-refractivity contribution is 5.95. The molecular weight excluding hydrogens is 372 g/mol. The predicted molar refractivity (Wildman–Crippen MR) is 107 cm³/mol. The van der Waals surface area contributed by atoms with Gasteiger partial charge in [0.1, 0.15) is 12.4 Å². The first-order chi connectivity index (χ1) is 14.0. The molecule has 2 aromatic carbocycles. The lowest BCUT2D eigenvalue weighted by atomic mass is 9.94. The topological polar surface area (TPSA) is 88.1 Å². The molecule has 0 radical (unpaired) electrons. The summed E-state index contributed by atoms with van der Waals surface area (Å²) in [5, 5.41) is 12.5. The Hall–Kier alpha value is -3.32. The van der Waals surface area contributed by atoms with Crippen LogP contribution in [-0.4, -0.2) is 42.3 Å². The molecule has 7 heteroatoms. The molecule has 0 spiro atoms. The lowest BCUT2D eigenvalue weighted by Gasteiger charge is -2.35. The molecule has 29 heavy (non-hydrogen) atoms. The number of ether oxygens (including phenoxy) is 2. The first kappa shape index (κ1) is 20.4. The highest BCUT2D eigenvalue weighted by atomic mass is 16.6. The second-order valence-corrected chi connectivity index (χ2v) is 6.67. The van der Waals surface area contributed by atoms with Crippen LogP contribution in [0, 0.1) is 0 Å². The third-order valence-electron chi connectivity index (χ3n) is 4.75. The van der Waals surface area contributed by atoms with Crippen molar-refractivity contribution >= 4 is 12.0 Å². The maximum Gasteiger partial charge on any atom is 0.338 e. The zero-order valence-corrected chi connectivity index (χ0v) is 16.4. The fraction of sp³-hybridized carbons (Fsp3) is 0.273. The minimum absolute atomic E-state index is 0.103. The maximum absolute atomic E-state index is 12.9. The fourth-order valence-corrected chi connectivity index (χ4v) is 3.21. The maximum atomic E-state index is 12.9. The number of phenols is 1. The van der Waals surface area contributed by atoms with Crippen LogP contribution in [0.3, 0.4) is 0 Å². The van der Waals surface area contributed by atoms with Crippen LogP contribution in [0.5, 0.6) is 5.75 Å². The quantitative estimate of drug-likeness (QED) is 0.555. The van der Waals surface area contributed by atoms with Crippen molar-refractivity contribution in [3.8, 4) is 5.75 Å². The summed E-state index contributed by atoms with van der Waals surface area (Å²) in [5.41, 5.74) is 2.49. The number of carbonyl (C=O) groups is 2. The van der Waals surface area contributed by atoms with E-state index in [0.717, 1.165) is 5.56 Å². The number of carbonyl (C=O) groups excluding carboxylic acids is 2. The lowest BCUT2D eigenvalue weighted by Crippen LogP contribution is -2.47. The molecule has 0 bridgehead atoms. The van der Waals surface area contributed by atoms with E-state index in [2.05, 4.69) is 5.32 Å². The van der Waals surface area contributed by atoms with Gasteiger partial charge in [-0.1, -0.05) is 42.5 Å². The Balaban J connectivity index is 1.97. The number of hydrogen-bond donors (Lipinski definition) is 2. The molecule has 0 aromatic heterocycles. The van der Waals surface area contributed by atoms with E-state index in [9.17, 15) is 14.7 Å². The molecule has 0 saturated carbocycles. The first-order valence-corrected chi connectivity index (χ1v) is 9.29. The smallest absolute Gasteiger partial charge is 0.338 e. The van der Waals surface area contributed by atoms with Crippen LogP contribution >= 0.6 is 0 Å². The number of phenolic OH excluding ortho intramolecular Hbond substituents is 1. The minimum atomic E-state index is -0.676. The number of aromatic hydroxyl groups is 1. The van der Waals surface area contributed by atoms with Gasteiger partial charge >= 0.3 is 12.0 Å². The number of nitrogens with one attached hydrogen (secondary N) is 1. The van der Waals surface area contributed by atoms with Crippen LogP contribution in [0.4, 0.5) is 4.79 Å². The number of methoxy groups -OCH3 is 1. The molecule has 0 fully saturated rings. The largest absolute Gasteiger partial charge is 0.508 e. The van der Waals surface area contributed by atoms with E-state index in [-0.39, 0.29) is 25.0 Å². The fourth-order valence-electron chi connectivity index (χ4n) is 3.21. The summed E-state index contributed by atoms with van der Waals surface area (Å²) < 4.78 is 10.3. The molecule has 1 aliphatic rings. The third-order valence-corrected chi connectivity index (χ3v) is 4.75. The van der Waals surface area contributed by atoms with Gasteiger partial charge in [-0.25, -0.2) is 9.59 Å². The SMILES string of the molecule is COCCOC(=O)C1=C(C)N(Cc2ccccc2)C(=O)NC1c1ccc(O)cc1. The summed E-state index contributed by atoms with van der Waals surface area (Å²) in [6.45, 7) is 2.46. The number of esters is 1. The molecule has 3 rings (SSSR count). The Labute approximate surface area is 169 Å². The standard InChI is InChI=1S/C22H24N2O5/c1-15-19(21(26)29-13-12-28-2)20(17-8-10-18(25)11-9-17)23-22(27)24(15)14-16-6-4-3-5-7-16/h3-11,20,25H,12-14H2,1-2H3,(H,23,27). The van der Waals surface area contributed by atoms with E-state index < -0.39 is 12.0 Å². The van der Waals surface area contributed by atoms with Gasteiger partial charge in [0.05, 0.1) is 24.8 Å². The highest BCUT2D eigenvalue weighted by Crippen LogP contribution is 2.32. The summed E-state index contributed by atoms with van der Waals surface area (Å²) in [6.07, 6.45) is 0. The van der Waals surface area contributed by atoms with Gasteiger partial charge in [0.2, 0.25) is 0 Å². The summed E-state index contributed by atoms with van der Waals surface area (Å²) >= 11 is 0. The van der Waals surface area contributed by atoms with Crippen LogP contribution in [0.1, 0.15) is 24.1 Å². The zero-order chi connectivity index (χ0) is 20.8. The van der Waals surface area contributed by atoms with Crippen LogP contribution in [0.15, 0.2) is 65.9 Å². The van der Waals surface area contributed by atoms with Crippen molar-refractivity contribution in [2.45, 2.75) is 19.5 Å². The molecule has 0 saturated heterocycles. The van der Waals surface area contributed by atoms with Crippen molar-refractivity contribution in [1.82, 2.24) is 10.2 Å². The van der Waals surface area contributed by atoms with Crippen molar-refractivity contribution in [3.05, 3.63) is 77.0 Å². The summed E-state index contributed by atoms with van der Waals surface area (Å²) in [5.74, 6) is -0.415. The molecular formula is C22H24N2O5. The number of urea groups is 1. The summed E-state index contributed by atoms with van der Waals surface area (Å²) in [6, 6.07) is 14.9. The molecule has 1 atom stereocenters. The number of nitrogens with zero attached hydrogens (tertiary/aromatic N) is 1. The van der Waals surface area contributed by atoms with Crippen molar-refractivity contribution in [2.24, 2.45) is 0 Å². The van der Waals surface area contributed by atoms with Crippen LogP contribution in [0.2, 0.25) is 0 Å². The Morgan fingerprint density at radius 3 is 2.45 bits per heavy atom. The van der Waals surface area contributed by atoms with Crippen molar-refractivity contribution in [3.63, 3.8) is 0 Å². The normalized spacial score (nSPS) is 16.6. The van der Waals surface area contributed by atoms with Gasteiger partial charge in [-0.15, -0.1) is 0 Å². The van der Waals surface area contributed by atoms with Gasteiger partial charge in [-0.2, -0.15) is 0 Å². The lowest BCUT2D eigenvalue weighted by molar-refractivity contribution is -0.140. The van der Waals surface area contributed by atoms with E-state index in [1.807, 2.05) is 30.3 Å². The monoisotopic (exact) mass is 396 g/mol. The molecule has 2 amide bonds. The van der Waals surface area contributed by atoms with Crippen LogP contribution in [0.25, 0.3) is 0 Å². The van der Waals surface area contributed by atoms with E-state index in [1.54, 1.807) is 19.1 Å². The molecule has 7 nitrogen and oxygen atoms in total. The Morgan fingerprint density at radius 2 is 1.79 bits per heavy atom. The minimum Gasteiger partial charge on any atom is -0.508 e. The number of rotatable bonds is 7. The molecule has 0 aliphatic carbocycles. The van der Waals surface area contributed by atoms with E-state index in [0.29, 0.717) is 23.4 Å². The Bertz CT molecular complexity index is 893.